The summed E-state index contributed by atoms with van der Waals surface area (Å²) >= 11 is 7.25. The predicted octanol–water partition coefficient (Wildman–Crippen LogP) is 3.96. The molecule has 6 heteroatoms. The number of benzene rings is 1. The van der Waals surface area contributed by atoms with Gasteiger partial charge in [-0.2, -0.15) is 0 Å². The second-order valence-corrected chi connectivity index (χ2v) is 6.15. The maximum absolute atomic E-state index is 12.0. The van der Waals surface area contributed by atoms with Crippen LogP contribution in [0.4, 0.5) is 0 Å². The molecule has 0 aliphatic heterocycles. The van der Waals surface area contributed by atoms with Crippen molar-refractivity contribution in [2.24, 2.45) is 0 Å². The maximum Gasteiger partial charge on any atom is 0.316 e. The molecule has 1 aromatic carbocycles. The topological polar surface area (TPSA) is 56.5 Å². The lowest BCUT2D eigenvalue weighted by atomic mass is 10.1. The van der Waals surface area contributed by atoms with E-state index in [1.54, 1.807) is 19.1 Å². The van der Waals surface area contributed by atoms with Crippen molar-refractivity contribution in [1.82, 2.24) is 0 Å². The highest BCUT2D eigenvalue weighted by molar-refractivity contribution is 7.10. The summed E-state index contributed by atoms with van der Waals surface area (Å²) in [6.07, 6.45) is 1.40. The van der Waals surface area contributed by atoms with Crippen LogP contribution in [0.15, 0.2) is 45.1 Å². The monoisotopic (exact) mass is 334 g/mol. The molecule has 3 aromatic rings. The number of thiophene rings is 1. The van der Waals surface area contributed by atoms with E-state index < -0.39 is 0 Å². The molecule has 112 valence electrons. The average Bonchev–Trinajstić information content (AvgIpc) is 2.98. The minimum Gasteiger partial charge on any atom is -0.462 e. The van der Waals surface area contributed by atoms with Gasteiger partial charge >= 0.3 is 5.97 Å². The van der Waals surface area contributed by atoms with E-state index in [-0.39, 0.29) is 22.8 Å². The van der Waals surface area contributed by atoms with Crippen LogP contribution in [0.25, 0.3) is 11.0 Å². The SMILES string of the molecule is Cc1c(OC(=O)Cc2cccs2)ccc2c(=O)c(Cl)coc12. The molecular formula is C16H11ClO4S. The fraction of sp³-hybridized carbons (Fsp3) is 0.125. The zero-order chi connectivity index (χ0) is 15.7. The maximum atomic E-state index is 12.0. The Kier molecular flexibility index (Phi) is 4.00. The van der Waals surface area contributed by atoms with Crippen molar-refractivity contribution in [3.8, 4) is 5.75 Å². The number of rotatable bonds is 3. The molecule has 0 N–H and O–H groups in total. The molecule has 2 aromatic heterocycles. The molecule has 2 heterocycles. The summed E-state index contributed by atoms with van der Waals surface area (Å²) in [6.45, 7) is 1.73. The van der Waals surface area contributed by atoms with Crippen molar-refractivity contribution >= 4 is 39.9 Å². The van der Waals surface area contributed by atoms with E-state index in [0.717, 1.165) is 4.88 Å². The van der Waals surface area contributed by atoms with Crippen molar-refractivity contribution in [2.45, 2.75) is 13.3 Å². The van der Waals surface area contributed by atoms with Crippen LogP contribution in [0, 0.1) is 6.92 Å². The van der Waals surface area contributed by atoms with E-state index in [4.69, 9.17) is 20.8 Å². The van der Waals surface area contributed by atoms with Crippen molar-refractivity contribution < 1.29 is 13.9 Å². The van der Waals surface area contributed by atoms with E-state index in [2.05, 4.69) is 0 Å². The van der Waals surface area contributed by atoms with Gasteiger partial charge in [-0.15, -0.1) is 11.3 Å². The van der Waals surface area contributed by atoms with Crippen molar-refractivity contribution in [3.63, 3.8) is 0 Å². The molecule has 0 fully saturated rings. The van der Waals surface area contributed by atoms with Gasteiger partial charge in [0.2, 0.25) is 5.43 Å². The third-order valence-electron chi connectivity index (χ3n) is 3.22. The highest BCUT2D eigenvalue weighted by Gasteiger charge is 2.14. The minimum absolute atomic E-state index is 0.0225. The van der Waals surface area contributed by atoms with E-state index in [9.17, 15) is 9.59 Å². The van der Waals surface area contributed by atoms with Crippen molar-refractivity contribution in [2.75, 3.05) is 0 Å². The number of carbonyl (C=O) groups excluding carboxylic acids is 1. The van der Waals surface area contributed by atoms with Crippen LogP contribution >= 0.6 is 22.9 Å². The van der Waals surface area contributed by atoms with Gasteiger partial charge in [0.1, 0.15) is 22.6 Å². The van der Waals surface area contributed by atoms with Gasteiger partial charge in [-0.25, -0.2) is 0 Å². The van der Waals surface area contributed by atoms with Crippen LogP contribution in [0.5, 0.6) is 5.75 Å². The zero-order valence-corrected chi connectivity index (χ0v) is 13.2. The Morgan fingerprint density at radius 2 is 2.18 bits per heavy atom. The van der Waals surface area contributed by atoms with E-state index in [0.29, 0.717) is 22.3 Å². The number of hydrogen-bond acceptors (Lipinski definition) is 5. The standard InChI is InChI=1S/C16H11ClO4S/c1-9-13(21-14(18)7-10-3-2-6-22-10)5-4-11-15(19)12(17)8-20-16(9)11/h2-6,8H,7H2,1H3. The quantitative estimate of drug-likeness (QED) is 0.537. The summed E-state index contributed by atoms with van der Waals surface area (Å²) in [5, 5.41) is 2.29. The molecule has 0 saturated heterocycles. The molecule has 0 amide bonds. The first-order valence-electron chi connectivity index (χ1n) is 6.50. The summed E-state index contributed by atoms with van der Waals surface area (Å²) in [4.78, 5) is 24.8. The van der Waals surface area contributed by atoms with Crippen LogP contribution in [-0.2, 0) is 11.2 Å². The number of hydrogen-bond donors (Lipinski definition) is 0. The minimum atomic E-state index is -0.360. The second-order valence-electron chi connectivity index (χ2n) is 4.71. The van der Waals surface area contributed by atoms with Gasteiger partial charge in [0.15, 0.2) is 0 Å². The predicted molar refractivity (Wildman–Crippen MR) is 85.9 cm³/mol. The van der Waals surface area contributed by atoms with Gasteiger partial charge < -0.3 is 9.15 Å². The van der Waals surface area contributed by atoms with Crippen molar-refractivity contribution in [3.05, 3.63) is 61.6 Å². The van der Waals surface area contributed by atoms with Crippen LogP contribution in [-0.4, -0.2) is 5.97 Å². The first kappa shape index (κ1) is 14.8. The first-order chi connectivity index (χ1) is 10.6. The molecule has 0 bridgehead atoms. The first-order valence-corrected chi connectivity index (χ1v) is 7.75. The number of esters is 1. The molecule has 3 rings (SSSR count). The molecule has 0 atom stereocenters. The van der Waals surface area contributed by atoms with Crippen LogP contribution in [0.3, 0.4) is 0 Å². The lowest BCUT2D eigenvalue weighted by molar-refractivity contribution is -0.133. The number of fused-ring (bicyclic) bond motifs is 1. The second kappa shape index (κ2) is 5.94. The van der Waals surface area contributed by atoms with Gasteiger partial charge in [-0.3, -0.25) is 9.59 Å². The molecule has 0 aliphatic rings. The van der Waals surface area contributed by atoms with Crippen LogP contribution in [0.1, 0.15) is 10.4 Å². The largest absolute Gasteiger partial charge is 0.462 e. The number of ether oxygens (including phenoxy) is 1. The number of aryl methyl sites for hydroxylation is 1. The Bertz CT molecular complexity index is 896. The molecule has 0 spiro atoms. The van der Waals surface area contributed by atoms with Gasteiger partial charge in [0, 0.05) is 10.4 Å². The van der Waals surface area contributed by atoms with E-state index >= 15 is 0 Å². The summed E-state index contributed by atoms with van der Waals surface area (Å²) in [5.41, 5.74) is 0.657. The Morgan fingerprint density at radius 1 is 1.36 bits per heavy atom. The lowest BCUT2D eigenvalue weighted by Crippen LogP contribution is -2.11. The fourth-order valence-electron chi connectivity index (χ4n) is 2.12. The van der Waals surface area contributed by atoms with Gasteiger partial charge in [0.25, 0.3) is 0 Å². The van der Waals surface area contributed by atoms with E-state index in [1.165, 1.54) is 17.6 Å². The Hall–Kier alpha value is -2.11. The summed E-state index contributed by atoms with van der Waals surface area (Å²) < 4.78 is 10.7. The van der Waals surface area contributed by atoms with Gasteiger partial charge in [-0.05, 0) is 30.5 Å². The van der Waals surface area contributed by atoms with E-state index in [1.807, 2.05) is 17.5 Å². The molecule has 0 unspecified atom stereocenters. The highest BCUT2D eigenvalue weighted by atomic mass is 35.5. The third-order valence-corrected chi connectivity index (χ3v) is 4.36. The summed E-state index contributed by atoms with van der Waals surface area (Å²) in [5.74, 6) is 0.0146. The number of halogens is 1. The smallest absolute Gasteiger partial charge is 0.316 e. The zero-order valence-electron chi connectivity index (χ0n) is 11.6. The fourth-order valence-corrected chi connectivity index (χ4v) is 2.96. The van der Waals surface area contributed by atoms with Crippen LogP contribution < -0.4 is 10.2 Å². The molecule has 4 nitrogen and oxygen atoms in total. The molecular weight excluding hydrogens is 324 g/mol. The van der Waals surface area contributed by atoms with Crippen molar-refractivity contribution in [1.29, 1.82) is 0 Å². The average molecular weight is 335 g/mol. The Morgan fingerprint density at radius 3 is 2.91 bits per heavy atom. The third kappa shape index (κ3) is 2.77. The Labute approximate surface area is 134 Å². The summed E-state index contributed by atoms with van der Waals surface area (Å²) in [6, 6.07) is 6.89. The lowest BCUT2D eigenvalue weighted by Gasteiger charge is -2.08. The molecule has 22 heavy (non-hydrogen) atoms. The number of carbonyl (C=O) groups is 1. The van der Waals surface area contributed by atoms with Gasteiger partial charge in [-0.1, -0.05) is 17.7 Å². The van der Waals surface area contributed by atoms with Gasteiger partial charge in [0.05, 0.1) is 11.8 Å². The Balaban J connectivity index is 1.92. The molecule has 0 radical (unpaired) electrons. The molecule has 0 aliphatic carbocycles. The van der Waals surface area contributed by atoms with Crippen LogP contribution in [0.2, 0.25) is 5.02 Å². The summed E-state index contributed by atoms with van der Waals surface area (Å²) in [7, 11) is 0. The highest BCUT2D eigenvalue weighted by Crippen LogP contribution is 2.27. The molecule has 0 saturated carbocycles. The normalized spacial score (nSPS) is 10.8.